The summed E-state index contributed by atoms with van der Waals surface area (Å²) in [6, 6.07) is 0. The Hall–Kier alpha value is -0.0300. The van der Waals surface area contributed by atoms with Crippen LogP contribution in [0.2, 0.25) is 0 Å². The summed E-state index contributed by atoms with van der Waals surface area (Å²) in [4.78, 5) is 12.7. The molecule has 0 atom stereocenters. The summed E-state index contributed by atoms with van der Waals surface area (Å²) in [6.07, 6.45) is 0. The Bertz CT molecular complexity index is 125. The molecule has 0 radical (unpaired) electrons. The third kappa shape index (κ3) is 12.0. The molecule has 0 amide bonds. The lowest BCUT2D eigenvalue weighted by Gasteiger charge is -2.13. The van der Waals surface area contributed by atoms with Gasteiger partial charge in [-0.2, -0.15) is 0 Å². The minimum Gasteiger partial charge on any atom is -0.465 e. The molecule has 0 saturated carbocycles. The van der Waals surface area contributed by atoms with Crippen LogP contribution in [0.1, 0.15) is 6.92 Å². The zero-order chi connectivity index (χ0) is 8.69. The second kappa shape index (κ2) is 12.0. The maximum atomic E-state index is 10.8. The van der Waals surface area contributed by atoms with Gasteiger partial charge in [-0.05, 0) is 14.0 Å². The van der Waals surface area contributed by atoms with Crippen LogP contribution < -0.4 is 5.73 Å². The highest BCUT2D eigenvalue weighted by molar-refractivity contribution is 5.85. The van der Waals surface area contributed by atoms with Crippen molar-refractivity contribution in [3.63, 3.8) is 0 Å². The van der Waals surface area contributed by atoms with Crippen molar-refractivity contribution in [2.45, 2.75) is 6.92 Å². The molecular formula is C7H18Cl2N2O2. The number of nitrogens with two attached hydrogens (primary N) is 1. The molecule has 0 bridgehead atoms. The zero-order valence-electron chi connectivity index (χ0n) is 7.99. The van der Waals surface area contributed by atoms with E-state index >= 15 is 0 Å². The molecule has 0 saturated heterocycles. The Balaban J connectivity index is -0.000000500. The topological polar surface area (TPSA) is 55.6 Å². The van der Waals surface area contributed by atoms with Gasteiger partial charge < -0.3 is 10.5 Å². The summed E-state index contributed by atoms with van der Waals surface area (Å²) >= 11 is 0. The molecule has 82 valence electrons. The maximum absolute atomic E-state index is 10.8. The van der Waals surface area contributed by atoms with Crippen molar-refractivity contribution < 1.29 is 9.53 Å². The summed E-state index contributed by atoms with van der Waals surface area (Å²) in [7, 11) is 1.84. The normalized spacial score (nSPS) is 8.62. The van der Waals surface area contributed by atoms with Gasteiger partial charge in [0.15, 0.2) is 0 Å². The number of nitrogens with zero attached hydrogens (tertiary/aromatic N) is 1. The number of rotatable bonds is 5. The molecule has 0 heterocycles. The minimum absolute atomic E-state index is 0. The molecule has 0 aromatic heterocycles. The van der Waals surface area contributed by atoms with Crippen molar-refractivity contribution in [1.82, 2.24) is 4.90 Å². The number of carbonyl (C=O) groups is 1. The first-order valence-electron chi connectivity index (χ1n) is 3.75. The molecule has 0 fully saturated rings. The van der Waals surface area contributed by atoms with Gasteiger partial charge in [0.2, 0.25) is 0 Å². The lowest BCUT2D eigenvalue weighted by Crippen LogP contribution is -2.31. The van der Waals surface area contributed by atoms with Crippen molar-refractivity contribution in [3.8, 4) is 0 Å². The first kappa shape index (κ1) is 18.7. The van der Waals surface area contributed by atoms with E-state index in [0.717, 1.165) is 6.54 Å². The van der Waals surface area contributed by atoms with Gasteiger partial charge in [0, 0.05) is 13.1 Å². The van der Waals surface area contributed by atoms with Gasteiger partial charge in [-0.25, -0.2) is 0 Å². The summed E-state index contributed by atoms with van der Waals surface area (Å²) in [5, 5.41) is 0. The van der Waals surface area contributed by atoms with E-state index in [4.69, 9.17) is 10.5 Å². The maximum Gasteiger partial charge on any atom is 0.320 e. The van der Waals surface area contributed by atoms with Crippen molar-refractivity contribution in [1.29, 1.82) is 0 Å². The van der Waals surface area contributed by atoms with Crippen molar-refractivity contribution in [2.24, 2.45) is 5.73 Å². The Kier molecular flexibility index (Phi) is 17.2. The smallest absolute Gasteiger partial charge is 0.320 e. The van der Waals surface area contributed by atoms with Gasteiger partial charge in [0.1, 0.15) is 0 Å². The van der Waals surface area contributed by atoms with E-state index in [2.05, 4.69) is 0 Å². The fraction of sp³-hybridized carbons (Fsp3) is 0.857. The van der Waals surface area contributed by atoms with Crippen LogP contribution in [0.5, 0.6) is 0 Å². The second-order valence-electron chi connectivity index (χ2n) is 2.33. The van der Waals surface area contributed by atoms with Crippen LogP contribution in [0.3, 0.4) is 0 Å². The molecule has 4 nitrogen and oxygen atoms in total. The van der Waals surface area contributed by atoms with Crippen molar-refractivity contribution in [2.75, 3.05) is 33.3 Å². The van der Waals surface area contributed by atoms with Gasteiger partial charge in [0.05, 0.1) is 13.2 Å². The minimum atomic E-state index is -0.191. The van der Waals surface area contributed by atoms with Gasteiger partial charge in [-0.15, -0.1) is 24.8 Å². The Labute approximate surface area is 91.6 Å². The molecule has 0 unspecified atom stereocenters. The summed E-state index contributed by atoms with van der Waals surface area (Å²) in [6.45, 7) is 3.84. The molecule has 6 heteroatoms. The monoisotopic (exact) mass is 232 g/mol. The highest BCUT2D eigenvalue weighted by Gasteiger charge is 2.04. The fourth-order valence-electron chi connectivity index (χ4n) is 0.726. The highest BCUT2D eigenvalue weighted by Crippen LogP contribution is 1.83. The Morgan fingerprint density at radius 3 is 2.38 bits per heavy atom. The van der Waals surface area contributed by atoms with Crippen LogP contribution in [0.15, 0.2) is 0 Å². The molecule has 0 aromatic carbocycles. The van der Waals surface area contributed by atoms with Crippen LogP contribution in [0.25, 0.3) is 0 Å². The first-order valence-corrected chi connectivity index (χ1v) is 3.75. The van der Waals surface area contributed by atoms with Crippen LogP contribution in [0, 0.1) is 0 Å². The number of ether oxygens (including phenoxy) is 1. The predicted octanol–water partition coefficient (Wildman–Crippen LogP) is 0.284. The van der Waals surface area contributed by atoms with Crippen molar-refractivity contribution in [3.05, 3.63) is 0 Å². The second-order valence-corrected chi connectivity index (χ2v) is 2.33. The summed E-state index contributed by atoms with van der Waals surface area (Å²) in [5.74, 6) is -0.191. The van der Waals surface area contributed by atoms with Gasteiger partial charge >= 0.3 is 5.97 Å². The lowest BCUT2D eigenvalue weighted by molar-refractivity contribution is -0.144. The number of hydrogen-bond acceptors (Lipinski definition) is 4. The standard InChI is InChI=1S/C7H16N2O2.2ClH/c1-3-11-7(10)6-9(2)5-4-8;;/h3-6,8H2,1-2H3;2*1H. The van der Waals surface area contributed by atoms with Crippen LogP contribution in [-0.4, -0.2) is 44.2 Å². The average molecular weight is 233 g/mol. The molecule has 0 rings (SSSR count). The van der Waals surface area contributed by atoms with Crippen LogP contribution >= 0.6 is 24.8 Å². The molecule has 0 spiro atoms. The Morgan fingerprint density at radius 2 is 2.00 bits per heavy atom. The molecular weight excluding hydrogens is 215 g/mol. The van der Waals surface area contributed by atoms with Gasteiger partial charge in [-0.1, -0.05) is 0 Å². The lowest BCUT2D eigenvalue weighted by atomic mass is 10.5. The molecule has 2 N–H and O–H groups in total. The van der Waals surface area contributed by atoms with Crippen LogP contribution in [0.4, 0.5) is 0 Å². The summed E-state index contributed by atoms with van der Waals surface area (Å²) < 4.78 is 4.74. The van der Waals surface area contributed by atoms with E-state index in [1.54, 1.807) is 6.92 Å². The van der Waals surface area contributed by atoms with E-state index in [9.17, 15) is 4.79 Å². The molecule has 0 aliphatic heterocycles. The molecule has 0 aliphatic rings. The van der Waals surface area contributed by atoms with E-state index in [1.807, 2.05) is 11.9 Å². The average Bonchev–Trinajstić information content (AvgIpc) is 1.87. The van der Waals surface area contributed by atoms with E-state index in [1.165, 1.54) is 0 Å². The fourth-order valence-corrected chi connectivity index (χ4v) is 0.726. The highest BCUT2D eigenvalue weighted by atomic mass is 35.5. The first-order chi connectivity index (χ1) is 5.20. The third-order valence-corrected chi connectivity index (χ3v) is 1.22. The largest absolute Gasteiger partial charge is 0.465 e. The van der Waals surface area contributed by atoms with E-state index in [-0.39, 0.29) is 30.8 Å². The third-order valence-electron chi connectivity index (χ3n) is 1.22. The molecule has 13 heavy (non-hydrogen) atoms. The molecule has 0 aliphatic carbocycles. The predicted molar refractivity (Wildman–Crippen MR) is 57.7 cm³/mol. The quantitative estimate of drug-likeness (QED) is 0.693. The summed E-state index contributed by atoms with van der Waals surface area (Å²) in [5.41, 5.74) is 5.29. The van der Waals surface area contributed by atoms with E-state index in [0.29, 0.717) is 19.7 Å². The van der Waals surface area contributed by atoms with Gasteiger partial charge in [-0.3, -0.25) is 9.69 Å². The van der Waals surface area contributed by atoms with Gasteiger partial charge in [0.25, 0.3) is 0 Å². The number of likely N-dealkylation sites (N-methyl/N-ethyl adjacent to an activating group) is 1. The van der Waals surface area contributed by atoms with Crippen molar-refractivity contribution >= 4 is 30.8 Å². The number of halogens is 2. The van der Waals surface area contributed by atoms with Crippen LogP contribution in [-0.2, 0) is 9.53 Å². The van der Waals surface area contributed by atoms with E-state index < -0.39 is 0 Å². The Morgan fingerprint density at radius 1 is 1.46 bits per heavy atom. The number of carbonyl (C=O) groups excluding carboxylic acids is 1. The SMILES string of the molecule is CCOC(=O)CN(C)CCN.Cl.Cl. The molecule has 0 aromatic rings. The zero-order valence-corrected chi connectivity index (χ0v) is 9.62. The number of esters is 1. The number of hydrogen-bond donors (Lipinski definition) is 1.